The van der Waals surface area contributed by atoms with Crippen molar-refractivity contribution in [1.82, 2.24) is 0 Å². The van der Waals surface area contributed by atoms with Gasteiger partial charge in [0.2, 0.25) is 0 Å². The first-order valence-electron chi connectivity index (χ1n) is 6.89. The molecular formula is C17H12O3. The zero-order valence-electron chi connectivity index (χ0n) is 10.7. The Hall–Kier alpha value is -2.29. The second-order valence-corrected chi connectivity index (χ2v) is 5.63. The summed E-state index contributed by atoms with van der Waals surface area (Å²) in [6.07, 6.45) is -0.898. The van der Waals surface area contributed by atoms with Crippen molar-refractivity contribution in [1.29, 1.82) is 0 Å². The minimum absolute atomic E-state index is 0.101. The maximum Gasteiger partial charge on any atom is 0.509 e. The molecule has 1 aliphatic heterocycles. The van der Waals surface area contributed by atoms with Gasteiger partial charge in [0, 0.05) is 0 Å². The first kappa shape index (κ1) is 10.5. The highest BCUT2D eigenvalue weighted by Gasteiger charge is 2.56. The molecule has 2 aromatic carbocycles. The van der Waals surface area contributed by atoms with Crippen molar-refractivity contribution in [3.05, 3.63) is 70.8 Å². The summed E-state index contributed by atoms with van der Waals surface area (Å²) < 4.78 is 10.9. The van der Waals surface area contributed by atoms with E-state index in [4.69, 9.17) is 9.47 Å². The van der Waals surface area contributed by atoms with Crippen molar-refractivity contribution in [3.63, 3.8) is 0 Å². The van der Waals surface area contributed by atoms with Gasteiger partial charge >= 0.3 is 6.16 Å². The molecule has 0 aromatic heterocycles. The summed E-state index contributed by atoms with van der Waals surface area (Å²) in [4.78, 5) is 11.6. The Morgan fingerprint density at radius 1 is 0.650 bits per heavy atom. The van der Waals surface area contributed by atoms with Crippen LogP contribution in [0.2, 0.25) is 0 Å². The maximum absolute atomic E-state index is 11.6. The molecule has 0 saturated carbocycles. The summed E-state index contributed by atoms with van der Waals surface area (Å²) in [5, 5.41) is 0. The van der Waals surface area contributed by atoms with E-state index in [0.717, 1.165) is 0 Å². The summed E-state index contributed by atoms with van der Waals surface area (Å²) in [6.45, 7) is 0. The van der Waals surface area contributed by atoms with Gasteiger partial charge in [-0.3, -0.25) is 0 Å². The predicted octanol–water partition coefficient (Wildman–Crippen LogP) is 3.18. The lowest BCUT2D eigenvalue weighted by atomic mass is 9.61. The van der Waals surface area contributed by atoms with Crippen LogP contribution in [0.5, 0.6) is 0 Å². The Morgan fingerprint density at radius 3 is 1.35 bits per heavy atom. The highest BCUT2D eigenvalue weighted by molar-refractivity contribution is 5.67. The standard InChI is InChI=1S/C17H12O3/c18-17-19-15-13-9-5-1-2-6-10(9)14(16(15)20-17)12-8-4-3-7-11(12)13/h1-8,13-16H/t13?,14?,15-,16-/m0/s1. The zero-order valence-corrected chi connectivity index (χ0v) is 10.7. The van der Waals surface area contributed by atoms with Gasteiger partial charge in [-0.25, -0.2) is 4.79 Å². The third kappa shape index (κ3) is 1.10. The maximum atomic E-state index is 11.6. The second kappa shape index (κ2) is 3.42. The molecule has 2 aromatic rings. The van der Waals surface area contributed by atoms with Crippen LogP contribution in [0.25, 0.3) is 0 Å². The molecule has 0 unspecified atom stereocenters. The molecular weight excluding hydrogens is 252 g/mol. The molecule has 0 N–H and O–H groups in total. The van der Waals surface area contributed by atoms with Crippen molar-refractivity contribution in [3.8, 4) is 0 Å². The van der Waals surface area contributed by atoms with Crippen LogP contribution in [0.1, 0.15) is 34.1 Å². The minimum atomic E-state index is -0.532. The van der Waals surface area contributed by atoms with E-state index in [0.29, 0.717) is 0 Å². The number of carbonyl (C=O) groups excluding carboxylic acids is 1. The van der Waals surface area contributed by atoms with Gasteiger partial charge in [-0.1, -0.05) is 48.5 Å². The molecule has 4 aliphatic rings. The van der Waals surface area contributed by atoms with Crippen LogP contribution in [0.4, 0.5) is 4.79 Å². The fourth-order valence-corrected chi connectivity index (χ4v) is 4.10. The van der Waals surface area contributed by atoms with Crippen molar-refractivity contribution < 1.29 is 14.3 Å². The molecule has 1 saturated heterocycles. The predicted molar refractivity (Wildman–Crippen MR) is 71.7 cm³/mol. The van der Waals surface area contributed by atoms with E-state index >= 15 is 0 Å². The first-order chi connectivity index (χ1) is 9.84. The van der Waals surface area contributed by atoms with E-state index in [1.165, 1.54) is 22.3 Å². The van der Waals surface area contributed by atoms with Crippen LogP contribution in [-0.4, -0.2) is 18.4 Å². The van der Waals surface area contributed by atoms with Gasteiger partial charge in [0.1, 0.15) is 0 Å². The van der Waals surface area contributed by atoms with Gasteiger partial charge in [-0.15, -0.1) is 0 Å². The normalized spacial score (nSPS) is 31.9. The molecule has 98 valence electrons. The van der Waals surface area contributed by atoms with Crippen molar-refractivity contribution >= 4 is 6.16 Å². The molecule has 20 heavy (non-hydrogen) atoms. The van der Waals surface area contributed by atoms with E-state index in [-0.39, 0.29) is 24.0 Å². The number of carbonyl (C=O) groups is 1. The van der Waals surface area contributed by atoms with Crippen LogP contribution in [0.3, 0.4) is 0 Å². The summed E-state index contributed by atoms with van der Waals surface area (Å²) in [6, 6.07) is 16.8. The molecule has 0 spiro atoms. The summed E-state index contributed by atoms with van der Waals surface area (Å²) in [5.74, 6) is 0.202. The fourth-order valence-electron chi connectivity index (χ4n) is 4.10. The molecule has 2 bridgehead atoms. The Bertz CT molecular complexity index is 629. The Morgan fingerprint density at radius 2 is 1.00 bits per heavy atom. The topological polar surface area (TPSA) is 35.5 Å². The fraction of sp³-hybridized carbons (Fsp3) is 0.235. The van der Waals surface area contributed by atoms with Crippen LogP contribution >= 0.6 is 0 Å². The van der Waals surface area contributed by atoms with E-state index in [2.05, 4.69) is 48.5 Å². The van der Waals surface area contributed by atoms with Gasteiger partial charge in [0.15, 0.2) is 12.2 Å². The third-order valence-corrected chi connectivity index (χ3v) is 4.78. The number of hydrogen-bond donors (Lipinski definition) is 0. The first-order valence-corrected chi connectivity index (χ1v) is 6.89. The lowest BCUT2D eigenvalue weighted by Crippen LogP contribution is -2.45. The highest BCUT2D eigenvalue weighted by atomic mass is 16.8. The molecule has 1 fully saturated rings. The average molecular weight is 264 g/mol. The van der Waals surface area contributed by atoms with Gasteiger partial charge in [0.05, 0.1) is 11.8 Å². The van der Waals surface area contributed by atoms with Crippen LogP contribution in [0, 0.1) is 0 Å². The highest BCUT2D eigenvalue weighted by Crippen LogP contribution is 2.56. The SMILES string of the molecule is O=C1O[C@H]2C3c4ccccc4C(c4ccccc43)[C@@H]2O1. The van der Waals surface area contributed by atoms with Crippen molar-refractivity contribution in [2.24, 2.45) is 0 Å². The molecule has 3 aliphatic carbocycles. The van der Waals surface area contributed by atoms with Crippen molar-refractivity contribution in [2.75, 3.05) is 0 Å². The third-order valence-electron chi connectivity index (χ3n) is 4.78. The van der Waals surface area contributed by atoms with Gasteiger partial charge < -0.3 is 9.47 Å². The number of benzene rings is 2. The average Bonchev–Trinajstić information content (AvgIpc) is 2.88. The van der Waals surface area contributed by atoms with Gasteiger partial charge in [0.25, 0.3) is 0 Å². The second-order valence-electron chi connectivity index (χ2n) is 5.63. The van der Waals surface area contributed by atoms with Crippen LogP contribution in [-0.2, 0) is 9.47 Å². The number of ether oxygens (including phenoxy) is 2. The number of rotatable bonds is 0. The van der Waals surface area contributed by atoms with Crippen LogP contribution in [0.15, 0.2) is 48.5 Å². The monoisotopic (exact) mass is 264 g/mol. The molecule has 2 atom stereocenters. The van der Waals surface area contributed by atoms with E-state index in [1.54, 1.807) is 0 Å². The van der Waals surface area contributed by atoms with E-state index in [1.807, 2.05) is 0 Å². The minimum Gasteiger partial charge on any atom is -0.426 e. The summed E-state index contributed by atoms with van der Waals surface area (Å²) in [7, 11) is 0. The molecule has 0 radical (unpaired) electrons. The zero-order chi connectivity index (χ0) is 13.3. The Labute approximate surface area is 116 Å². The largest absolute Gasteiger partial charge is 0.509 e. The lowest BCUT2D eigenvalue weighted by molar-refractivity contribution is 0.103. The summed E-state index contributed by atoms with van der Waals surface area (Å²) >= 11 is 0. The summed E-state index contributed by atoms with van der Waals surface area (Å²) in [5.41, 5.74) is 5.10. The van der Waals surface area contributed by atoms with E-state index < -0.39 is 6.16 Å². The molecule has 3 nitrogen and oxygen atoms in total. The van der Waals surface area contributed by atoms with Crippen molar-refractivity contribution in [2.45, 2.75) is 24.0 Å². The van der Waals surface area contributed by atoms with Gasteiger partial charge in [-0.05, 0) is 22.3 Å². The quantitative estimate of drug-likeness (QED) is 0.685. The molecule has 1 heterocycles. The molecule has 0 amide bonds. The van der Waals surface area contributed by atoms with Gasteiger partial charge in [-0.2, -0.15) is 0 Å². The van der Waals surface area contributed by atoms with Crippen LogP contribution < -0.4 is 0 Å². The lowest BCUT2D eigenvalue weighted by Gasteiger charge is -2.44. The molecule has 3 heteroatoms. The molecule has 6 rings (SSSR count). The van der Waals surface area contributed by atoms with E-state index in [9.17, 15) is 4.79 Å². The Balaban J connectivity index is 1.83. The number of hydrogen-bond acceptors (Lipinski definition) is 3. The Kier molecular flexibility index (Phi) is 1.80. The smallest absolute Gasteiger partial charge is 0.426 e.